The van der Waals surface area contributed by atoms with E-state index in [1.54, 1.807) is 6.07 Å². The fourth-order valence-electron chi connectivity index (χ4n) is 4.00. The van der Waals surface area contributed by atoms with Crippen molar-refractivity contribution in [3.05, 3.63) is 29.8 Å². The summed E-state index contributed by atoms with van der Waals surface area (Å²) in [5, 5.41) is 6.66. The van der Waals surface area contributed by atoms with E-state index in [4.69, 9.17) is 14.5 Å². The molecule has 6 nitrogen and oxygen atoms in total. The van der Waals surface area contributed by atoms with Gasteiger partial charge in [0.25, 0.3) is 0 Å². The average Bonchev–Trinajstić information content (AvgIpc) is 3.26. The Morgan fingerprint density at radius 2 is 2.00 bits per heavy atom. The van der Waals surface area contributed by atoms with E-state index in [0.29, 0.717) is 18.4 Å². The molecule has 2 N–H and O–H groups in total. The number of ether oxygens (including phenoxy) is 2. The molecule has 0 saturated carbocycles. The normalized spacial score (nSPS) is 20.3. The summed E-state index contributed by atoms with van der Waals surface area (Å²) in [6, 6.07) is 4.10. The lowest BCUT2D eigenvalue weighted by Gasteiger charge is -2.21. The molecule has 3 rings (SSSR count). The highest BCUT2D eigenvalue weighted by atomic mass is 19.2. The fourth-order valence-corrected chi connectivity index (χ4v) is 4.00. The van der Waals surface area contributed by atoms with Gasteiger partial charge in [-0.1, -0.05) is 0 Å². The number of hydrogen-bond acceptors (Lipinski definition) is 4. The van der Waals surface area contributed by atoms with Crippen LogP contribution in [-0.4, -0.2) is 65.1 Å². The van der Waals surface area contributed by atoms with Gasteiger partial charge in [-0.3, -0.25) is 4.99 Å². The summed E-state index contributed by atoms with van der Waals surface area (Å²) >= 11 is 0. The lowest BCUT2D eigenvalue weighted by Crippen LogP contribution is -2.38. The Hall–Kier alpha value is -1.93. The van der Waals surface area contributed by atoms with E-state index in [9.17, 15) is 8.78 Å². The molecule has 174 valence electrons. The number of aliphatic imine (C=N–C) groups is 1. The topological polar surface area (TPSA) is 58.1 Å². The molecular formula is C23H36F2N4O2. The number of nitrogens with one attached hydrogen (secondary N) is 2. The SMILES string of the molecule is CCNC(=NCC1CCN(c2ccc(F)c(F)c2)C1)NCCCOCC1CCOCC1. The van der Waals surface area contributed by atoms with Crippen LogP contribution in [0.2, 0.25) is 0 Å². The predicted molar refractivity (Wildman–Crippen MR) is 120 cm³/mol. The van der Waals surface area contributed by atoms with Crippen molar-refractivity contribution in [2.45, 2.75) is 32.6 Å². The summed E-state index contributed by atoms with van der Waals surface area (Å²) in [4.78, 5) is 6.82. The van der Waals surface area contributed by atoms with Gasteiger partial charge in [0.05, 0.1) is 0 Å². The second kappa shape index (κ2) is 12.8. The molecule has 1 unspecified atom stereocenters. The van der Waals surface area contributed by atoms with Crippen molar-refractivity contribution < 1.29 is 18.3 Å². The summed E-state index contributed by atoms with van der Waals surface area (Å²) in [5.41, 5.74) is 0.733. The van der Waals surface area contributed by atoms with Crippen molar-refractivity contribution in [2.24, 2.45) is 16.8 Å². The maximum absolute atomic E-state index is 13.5. The zero-order valence-corrected chi connectivity index (χ0v) is 18.5. The third-order valence-electron chi connectivity index (χ3n) is 5.86. The van der Waals surface area contributed by atoms with Crippen LogP contribution >= 0.6 is 0 Å². The van der Waals surface area contributed by atoms with Crippen molar-refractivity contribution >= 4 is 11.6 Å². The smallest absolute Gasteiger partial charge is 0.191 e. The molecule has 0 aromatic heterocycles. The first-order chi connectivity index (χ1) is 15.2. The second-order valence-electron chi connectivity index (χ2n) is 8.33. The molecule has 8 heteroatoms. The monoisotopic (exact) mass is 438 g/mol. The van der Waals surface area contributed by atoms with Gasteiger partial charge >= 0.3 is 0 Å². The average molecular weight is 439 g/mol. The number of nitrogens with zero attached hydrogens (tertiary/aromatic N) is 2. The van der Waals surface area contributed by atoms with Gasteiger partial charge in [0, 0.05) is 70.9 Å². The molecule has 2 saturated heterocycles. The highest BCUT2D eigenvalue weighted by Crippen LogP contribution is 2.25. The molecular weight excluding hydrogens is 402 g/mol. The lowest BCUT2D eigenvalue weighted by molar-refractivity contribution is 0.0203. The Balaban J connectivity index is 1.34. The Kier molecular flexibility index (Phi) is 9.81. The molecule has 1 aromatic carbocycles. The maximum Gasteiger partial charge on any atom is 0.191 e. The van der Waals surface area contributed by atoms with E-state index in [-0.39, 0.29) is 0 Å². The summed E-state index contributed by atoms with van der Waals surface area (Å²) in [5.74, 6) is 0.247. The zero-order valence-electron chi connectivity index (χ0n) is 18.5. The molecule has 2 aliphatic rings. The van der Waals surface area contributed by atoms with Crippen molar-refractivity contribution in [2.75, 3.05) is 64.1 Å². The molecule has 0 radical (unpaired) electrons. The van der Waals surface area contributed by atoms with Gasteiger partial charge in [-0.2, -0.15) is 0 Å². The van der Waals surface area contributed by atoms with Gasteiger partial charge in [0.2, 0.25) is 0 Å². The third kappa shape index (κ3) is 7.92. The molecule has 0 amide bonds. The first kappa shape index (κ1) is 23.7. The molecule has 2 heterocycles. The first-order valence-corrected chi connectivity index (χ1v) is 11.5. The third-order valence-corrected chi connectivity index (χ3v) is 5.86. The molecule has 31 heavy (non-hydrogen) atoms. The van der Waals surface area contributed by atoms with Crippen molar-refractivity contribution in [1.29, 1.82) is 0 Å². The van der Waals surface area contributed by atoms with Crippen molar-refractivity contribution in [3.63, 3.8) is 0 Å². The van der Waals surface area contributed by atoms with E-state index >= 15 is 0 Å². The largest absolute Gasteiger partial charge is 0.381 e. The van der Waals surface area contributed by atoms with Crippen LogP contribution in [0, 0.1) is 23.5 Å². The molecule has 0 bridgehead atoms. The fraction of sp³-hybridized carbons (Fsp3) is 0.696. The molecule has 2 aliphatic heterocycles. The Bertz CT molecular complexity index is 698. The summed E-state index contributed by atoms with van der Waals surface area (Å²) in [7, 11) is 0. The van der Waals surface area contributed by atoms with E-state index in [1.165, 1.54) is 12.1 Å². The lowest BCUT2D eigenvalue weighted by atomic mass is 10.0. The van der Waals surface area contributed by atoms with Crippen LogP contribution in [0.5, 0.6) is 0 Å². The Morgan fingerprint density at radius 1 is 1.16 bits per heavy atom. The first-order valence-electron chi connectivity index (χ1n) is 11.5. The minimum absolute atomic E-state index is 0.395. The summed E-state index contributed by atoms with van der Waals surface area (Å²) in [6.07, 6.45) is 4.12. The highest BCUT2D eigenvalue weighted by molar-refractivity contribution is 5.79. The minimum Gasteiger partial charge on any atom is -0.381 e. The molecule has 0 spiro atoms. The van der Waals surface area contributed by atoms with Gasteiger partial charge in [0.15, 0.2) is 17.6 Å². The number of benzene rings is 1. The summed E-state index contributed by atoms with van der Waals surface area (Å²) in [6.45, 7) is 9.29. The Morgan fingerprint density at radius 3 is 2.77 bits per heavy atom. The van der Waals surface area contributed by atoms with E-state index in [2.05, 4.69) is 22.5 Å². The Labute approximate surface area is 184 Å². The van der Waals surface area contributed by atoms with Crippen LogP contribution in [0.15, 0.2) is 23.2 Å². The van der Waals surface area contributed by atoms with Gasteiger partial charge < -0.3 is 25.0 Å². The van der Waals surface area contributed by atoms with E-state index < -0.39 is 11.6 Å². The number of halogens is 2. The van der Waals surface area contributed by atoms with Crippen molar-refractivity contribution in [1.82, 2.24) is 10.6 Å². The molecule has 2 fully saturated rings. The number of hydrogen-bond donors (Lipinski definition) is 2. The van der Waals surface area contributed by atoms with Gasteiger partial charge in [-0.25, -0.2) is 8.78 Å². The van der Waals surface area contributed by atoms with Crippen LogP contribution in [-0.2, 0) is 9.47 Å². The van der Waals surface area contributed by atoms with Crippen LogP contribution in [0.25, 0.3) is 0 Å². The quantitative estimate of drug-likeness (QED) is 0.334. The van der Waals surface area contributed by atoms with Crippen LogP contribution < -0.4 is 15.5 Å². The van der Waals surface area contributed by atoms with Gasteiger partial charge in [0.1, 0.15) is 0 Å². The molecule has 1 aromatic rings. The zero-order chi connectivity index (χ0) is 21.9. The molecule has 0 aliphatic carbocycles. The minimum atomic E-state index is -0.806. The van der Waals surface area contributed by atoms with Crippen LogP contribution in [0.4, 0.5) is 14.5 Å². The number of guanidine groups is 1. The standard InChI is InChI=1S/C23H36F2N4O2/c1-2-26-23(27-9-3-11-31-17-18-7-12-30-13-8-18)28-15-19-6-10-29(16-19)20-4-5-21(24)22(25)14-20/h4-5,14,18-19H,2-3,6-13,15-17H2,1H3,(H2,26,27,28). The second-order valence-corrected chi connectivity index (χ2v) is 8.33. The van der Waals surface area contributed by atoms with Gasteiger partial charge in [-0.05, 0) is 56.6 Å². The number of rotatable bonds is 10. The van der Waals surface area contributed by atoms with E-state index in [1.807, 2.05) is 0 Å². The highest BCUT2D eigenvalue weighted by Gasteiger charge is 2.23. The molecule has 1 atom stereocenters. The number of anilines is 1. The van der Waals surface area contributed by atoms with E-state index in [0.717, 1.165) is 89.9 Å². The predicted octanol–water partition coefficient (Wildman–Crippen LogP) is 3.18. The summed E-state index contributed by atoms with van der Waals surface area (Å²) < 4.78 is 37.9. The maximum atomic E-state index is 13.5. The van der Waals surface area contributed by atoms with Crippen molar-refractivity contribution in [3.8, 4) is 0 Å². The van der Waals surface area contributed by atoms with Crippen LogP contribution in [0.1, 0.15) is 32.6 Å². The van der Waals surface area contributed by atoms with Gasteiger partial charge in [-0.15, -0.1) is 0 Å². The van der Waals surface area contributed by atoms with Crippen LogP contribution in [0.3, 0.4) is 0 Å².